The summed E-state index contributed by atoms with van der Waals surface area (Å²) in [4.78, 5) is 27.0. The average Bonchev–Trinajstić information content (AvgIpc) is 2.77. The summed E-state index contributed by atoms with van der Waals surface area (Å²) in [6.07, 6.45) is 1.35. The highest BCUT2D eigenvalue weighted by Crippen LogP contribution is 2.25. The summed E-state index contributed by atoms with van der Waals surface area (Å²) in [6.45, 7) is 3.20. The van der Waals surface area contributed by atoms with Crippen LogP contribution in [-0.4, -0.2) is 28.8 Å². The Labute approximate surface area is 184 Å². The molecular formula is C23H22ClFN4O2. The Kier molecular flexibility index (Phi) is 6.04. The first-order valence-corrected chi connectivity index (χ1v) is 10.5. The minimum absolute atomic E-state index is 0.00526. The SMILES string of the molecule is Cc1cc(Cl)ccc1NC(=O)C1CCN(c2ccc(=O)n(-c3ccc(F)cc3)n2)CC1. The fraction of sp³-hybridized carbons (Fsp3) is 0.261. The van der Waals surface area contributed by atoms with Gasteiger partial charge in [-0.3, -0.25) is 9.59 Å². The van der Waals surface area contributed by atoms with Crippen LogP contribution >= 0.6 is 11.6 Å². The van der Waals surface area contributed by atoms with Crippen LogP contribution in [0.15, 0.2) is 59.4 Å². The smallest absolute Gasteiger partial charge is 0.271 e. The minimum atomic E-state index is -0.373. The Morgan fingerprint density at radius 2 is 1.81 bits per heavy atom. The lowest BCUT2D eigenvalue weighted by Gasteiger charge is -2.32. The Morgan fingerprint density at radius 3 is 2.48 bits per heavy atom. The number of halogens is 2. The van der Waals surface area contributed by atoms with Crippen molar-refractivity contribution >= 4 is 29.0 Å². The van der Waals surface area contributed by atoms with E-state index in [9.17, 15) is 14.0 Å². The number of nitrogens with zero attached hydrogens (tertiary/aromatic N) is 3. The monoisotopic (exact) mass is 440 g/mol. The number of aryl methyl sites for hydroxylation is 1. The molecule has 0 spiro atoms. The molecule has 1 aliphatic rings. The van der Waals surface area contributed by atoms with E-state index in [0.29, 0.717) is 42.5 Å². The molecule has 1 aromatic heterocycles. The first kappa shape index (κ1) is 21.1. The van der Waals surface area contributed by atoms with Gasteiger partial charge in [0.2, 0.25) is 5.91 Å². The highest BCUT2D eigenvalue weighted by Gasteiger charge is 2.26. The molecule has 0 saturated carbocycles. The molecule has 3 aromatic rings. The number of hydrogen-bond donors (Lipinski definition) is 1. The van der Waals surface area contributed by atoms with Crippen molar-refractivity contribution in [2.45, 2.75) is 19.8 Å². The molecule has 6 nitrogen and oxygen atoms in total. The summed E-state index contributed by atoms with van der Waals surface area (Å²) in [5.74, 6) is 0.169. The largest absolute Gasteiger partial charge is 0.355 e. The Bertz CT molecular complexity index is 1150. The number of amides is 1. The molecule has 0 bridgehead atoms. The van der Waals surface area contributed by atoms with Crippen LogP contribution in [-0.2, 0) is 4.79 Å². The van der Waals surface area contributed by atoms with Crippen LogP contribution in [0.1, 0.15) is 18.4 Å². The molecule has 1 N–H and O–H groups in total. The van der Waals surface area contributed by atoms with Crippen molar-refractivity contribution in [3.05, 3.63) is 81.4 Å². The molecule has 4 rings (SSSR count). The van der Waals surface area contributed by atoms with Crippen LogP contribution in [0, 0.1) is 18.7 Å². The molecule has 8 heteroatoms. The maximum absolute atomic E-state index is 13.2. The van der Waals surface area contributed by atoms with Crippen molar-refractivity contribution in [1.29, 1.82) is 0 Å². The van der Waals surface area contributed by atoms with Crippen LogP contribution in [0.2, 0.25) is 5.02 Å². The Hall–Kier alpha value is -3.19. The lowest BCUT2D eigenvalue weighted by molar-refractivity contribution is -0.120. The third kappa shape index (κ3) is 4.77. The number of piperidine rings is 1. The van der Waals surface area contributed by atoms with Crippen LogP contribution in [0.4, 0.5) is 15.9 Å². The van der Waals surface area contributed by atoms with Crippen molar-refractivity contribution in [1.82, 2.24) is 9.78 Å². The minimum Gasteiger partial charge on any atom is -0.355 e. The van der Waals surface area contributed by atoms with Gasteiger partial charge in [0, 0.05) is 35.8 Å². The number of benzene rings is 2. The molecule has 1 saturated heterocycles. The van der Waals surface area contributed by atoms with E-state index >= 15 is 0 Å². The van der Waals surface area contributed by atoms with Crippen molar-refractivity contribution in [2.24, 2.45) is 5.92 Å². The second-order valence-corrected chi connectivity index (χ2v) is 8.06. The molecule has 0 unspecified atom stereocenters. The van der Waals surface area contributed by atoms with Gasteiger partial charge in [0.25, 0.3) is 5.56 Å². The fourth-order valence-corrected chi connectivity index (χ4v) is 3.94. The van der Waals surface area contributed by atoms with E-state index in [-0.39, 0.29) is 23.2 Å². The molecule has 160 valence electrons. The Balaban J connectivity index is 1.43. The third-order valence-corrected chi connectivity index (χ3v) is 5.73. The number of anilines is 2. The van der Waals surface area contributed by atoms with Gasteiger partial charge in [-0.15, -0.1) is 5.10 Å². The molecule has 2 heterocycles. The summed E-state index contributed by atoms with van der Waals surface area (Å²) in [5, 5.41) is 8.08. The highest BCUT2D eigenvalue weighted by molar-refractivity contribution is 6.30. The summed E-state index contributed by atoms with van der Waals surface area (Å²) >= 11 is 5.98. The number of rotatable bonds is 4. The molecule has 0 atom stereocenters. The van der Waals surface area contributed by atoms with Crippen LogP contribution in [0.3, 0.4) is 0 Å². The van der Waals surface area contributed by atoms with E-state index in [1.165, 1.54) is 35.0 Å². The topological polar surface area (TPSA) is 67.2 Å². The molecule has 1 aliphatic heterocycles. The molecule has 1 fully saturated rings. The number of aromatic nitrogens is 2. The van der Waals surface area contributed by atoms with Gasteiger partial charge in [0.05, 0.1) is 5.69 Å². The van der Waals surface area contributed by atoms with E-state index < -0.39 is 0 Å². The lowest BCUT2D eigenvalue weighted by Crippen LogP contribution is -2.39. The fourth-order valence-electron chi connectivity index (χ4n) is 3.71. The Morgan fingerprint density at radius 1 is 1.10 bits per heavy atom. The first-order valence-electron chi connectivity index (χ1n) is 10.1. The van der Waals surface area contributed by atoms with Gasteiger partial charge in [-0.05, 0) is 73.9 Å². The maximum atomic E-state index is 13.2. The average molecular weight is 441 g/mol. The van der Waals surface area contributed by atoms with Crippen molar-refractivity contribution in [3.8, 4) is 5.69 Å². The zero-order valence-corrected chi connectivity index (χ0v) is 17.8. The van der Waals surface area contributed by atoms with Gasteiger partial charge in [-0.1, -0.05) is 11.6 Å². The summed E-state index contributed by atoms with van der Waals surface area (Å²) in [6, 6.07) is 14.1. The molecule has 31 heavy (non-hydrogen) atoms. The summed E-state index contributed by atoms with van der Waals surface area (Å²) in [7, 11) is 0. The molecule has 1 amide bonds. The van der Waals surface area contributed by atoms with Crippen molar-refractivity contribution in [3.63, 3.8) is 0 Å². The van der Waals surface area contributed by atoms with Crippen LogP contribution in [0.25, 0.3) is 5.69 Å². The van der Waals surface area contributed by atoms with E-state index in [1.807, 2.05) is 19.1 Å². The molecule has 0 radical (unpaired) electrons. The highest BCUT2D eigenvalue weighted by atomic mass is 35.5. The third-order valence-electron chi connectivity index (χ3n) is 5.49. The second-order valence-electron chi connectivity index (χ2n) is 7.63. The van der Waals surface area contributed by atoms with E-state index in [2.05, 4.69) is 15.3 Å². The predicted molar refractivity (Wildman–Crippen MR) is 120 cm³/mol. The van der Waals surface area contributed by atoms with Gasteiger partial charge < -0.3 is 10.2 Å². The predicted octanol–water partition coefficient (Wildman–Crippen LogP) is 4.19. The van der Waals surface area contributed by atoms with Gasteiger partial charge in [-0.2, -0.15) is 4.68 Å². The zero-order chi connectivity index (χ0) is 22.0. The quantitative estimate of drug-likeness (QED) is 0.660. The molecule has 2 aromatic carbocycles. The first-order chi connectivity index (χ1) is 14.9. The van der Waals surface area contributed by atoms with Gasteiger partial charge in [0.15, 0.2) is 0 Å². The van der Waals surface area contributed by atoms with Gasteiger partial charge >= 0.3 is 0 Å². The lowest BCUT2D eigenvalue weighted by atomic mass is 9.95. The van der Waals surface area contributed by atoms with Gasteiger partial charge in [-0.25, -0.2) is 4.39 Å². The summed E-state index contributed by atoms with van der Waals surface area (Å²) < 4.78 is 14.5. The number of hydrogen-bond acceptors (Lipinski definition) is 4. The standard InChI is InChI=1S/C23H22ClFN4O2/c1-15-14-17(24)2-7-20(15)26-23(31)16-10-12-28(13-11-16)21-8-9-22(30)29(27-21)19-5-3-18(25)4-6-19/h2-9,14,16H,10-13H2,1H3,(H,26,31). The number of nitrogens with one attached hydrogen (secondary N) is 1. The number of carbonyl (C=O) groups is 1. The molecule has 0 aliphatic carbocycles. The van der Waals surface area contributed by atoms with Gasteiger partial charge in [0.1, 0.15) is 11.6 Å². The number of carbonyl (C=O) groups excluding carboxylic acids is 1. The maximum Gasteiger partial charge on any atom is 0.271 e. The van der Waals surface area contributed by atoms with Crippen molar-refractivity contribution < 1.29 is 9.18 Å². The second kappa shape index (κ2) is 8.89. The summed E-state index contributed by atoms with van der Waals surface area (Å²) in [5.41, 5.74) is 1.90. The van der Waals surface area contributed by atoms with Crippen LogP contribution < -0.4 is 15.8 Å². The molecular weight excluding hydrogens is 419 g/mol. The van der Waals surface area contributed by atoms with Crippen molar-refractivity contribution in [2.75, 3.05) is 23.3 Å². The van der Waals surface area contributed by atoms with E-state index in [1.54, 1.807) is 12.1 Å². The van der Waals surface area contributed by atoms with Crippen LogP contribution in [0.5, 0.6) is 0 Å². The van der Waals surface area contributed by atoms with E-state index in [0.717, 1.165) is 11.3 Å². The zero-order valence-electron chi connectivity index (χ0n) is 17.0. The normalized spacial score (nSPS) is 14.5. The van der Waals surface area contributed by atoms with E-state index in [4.69, 9.17) is 11.6 Å².